The van der Waals surface area contributed by atoms with Gasteiger partial charge < -0.3 is 15.3 Å². The highest BCUT2D eigenvalue weighted by Gasteiger charge is 2.05. The zero-order chi connectivity index (χ0) is 13.1. The molecule has 0 aliphatic heterocycles. The number of unbranched alkanes of at least 4 members (excludes halogenated alkanes) is 1. The van der Waals surface area contributed by atoms with E-state index in [4.69, 9.17) is 18.0 Å². The summed E-state index contributed by atoms with van der Waals surface area (Å²) >= 11 is 5.33. The molecule has 0 fully saturated rings. The van der Waals surface area contributed by atoms with Gasteiger partial charge in [0, 0.05) is 13.0 Å². The van der Waals surface area contributed by atoms with E-state index in [1.165, 1.54) is 5.56 Å². The summed E-state index contributed by atoms with van der Waals surface area (Å²) in [4.78, 5) is 13.9. The lowest BCUT2D eigenvalue weighted by atomic mass is 10.2. The van der Waals surface area contributed by atoms with Crippen LogP contribution in [0.1, 0.15) is 24.8 Å². The van der Waals surface area contributed by atoms with E-state index in [-0.39, 0.29) is 5.91 Å². The summed E-state index contributed by atoms with van der Waals surface area (Å²) in [7, 11) is 0. The average Bonchev–Trinajstić information content (AvgIpc) is 2.63. The van der Waals surface area contributed by atoms with Crippen molar-refractivity contribution in [1.82, 2.24) is 9.55 Å². The maximum absolute atomic E-state index is 10.7. The summed E-state index contributed by atoms with van der Waals surface area (Å²) in [5.41, 5.74) is 8.53. The van der Waals surface area contributed by atoms with Gasteiger partial charge in [0.05, 0.1) is 11.0 Å². The average molecular weight is 263 g/mol. The first-order valence-corrected chi connectivity index (χ1v) is 6.47. The minimum atomic E-state index is -0.242. The van der Waals surface area contributed by atoms with Gasteiger partial charge in [0.25, 0.3) is 0 Å². The normalized spacial score (nSPS) is 10.9. The molecule has 1 aromatic carbocycles. The van der Waals surface area contributed by atoms with E-state index in [1.807, 2.05) is 6.07 Å². The van der Waals surface area contributed by atoms with E-state index in [0.717, 1.165) is 35.2 Å². The van der Waals surface area contributed by atoms with Gasteiger partial charge in [0.15, 0.2) is 4.77 Å². The number of H-pyrrole nitrogens is 1. The third-order valence-electron chi connectivity index (χ3n) is 3.07. The van der Waals surface area contributed by atoms with Gasteiger partial charge in [-0.3, -0.25) is 4.79 Å². The van der Waals surface area contributed by atoms with Crippen molar-refractivity contribution >= 4 is 29.2 Å². The van der Waals surface area contributed by atoms with Crippen LogP contribution >= 0.6 is 12.2 Å². The summed E-state index contributed by atoms with van der Waals surface area (Å²) in [6.45, 7) is 2.88. The van der Waals surface area contributed by atoms with Crippen LogP contribution in [0, 0.1) is 11.7 Å². The molecule has 0 saturated heterocycles. The van der Waals surface area contributed by atoms with Crippen molar-refractivity contribution in [1.29, 1.82) is 0 Å². The van der Waals surface area contributed by atoms with Gasteiger partial charge in [-0.25, -0.2) is 0 Å². The number of imidazole rings is 1. The molecule has 2 aromatic rings. The van der Waals surface area contributed by atoms with Gasteiger partial charge in [-0.15, -0.1) is 0 Å². The van der Waals surface area contributed by atoms with Crippen molar-refractivity contribution in [3.05, 3.63) is 28.5 Å². The number of fused-ring (bicyclic) bond motifs is 1. The number of carbonyl (C=O) groups is 1. The maximum atomic E-state index is 10.7. The number of carbonyl (C=O) groups excluding carboxylic acids is 1. The first-order chi connectivity index (χ1) is 8.59. The SMILES string of the molecule is Cc1cccc2c1[nH]c(=S)n2CCCCC(N)=O. The van der Waals surface area contributed by atoms with E-state index in [9.17, 15) is 4.79 Å². The van der Waals surface area contributed by atoms with E-state index in [0.29, 0.717) is 6.42 Å². The summed E-state index contributed by atoms with van der Waals surface area (Å²) in [6.07, 6.45) is 2.14. The first kappa shape index (κ1) is 12.8. The zero-order valence-corrected chi connectivity index (χ0v) is 11.2. The number of nitrogens with one attached hydrogen (secondary N) is 1. The number of para-hydroxylation sites is 1. The van der Waals surface area contributed by atoms with Crippen LogP contribution in [0.25, 0.3) is 11.0 Å². The highest BCUT2D eigenvalue weighted by molar-refractivity contribution is 7.71. The molecule has 0 aliphatic rings. The number of nitrogens with two attached hydrogens (primary N) is 1. The van der Waals surface area contributed by atoms with Gasteiger partial charge >= 0.3 is 0 Å². The summed E-state index contributed by atoms with van der Waals surface area (Å²) in [6, 6.07) is 6.15. The van der Waals surface area contributed by atoms with Gasteiger partial charge in [-0.1, -0.05) is 12.1 Å². The highest BCUT2D eigenvalue weighted by atomic mass is 32.1. The fraction of sp³-hybridized carbons (Fsp3) is 0.385. The Labute approximate surface area is 111 Å². The van der Waals surface area contributed by atoms with Crippen LogP contribution in [-0.4, -0.2) is 15.5 Å². The Morgan fingerprint density at radius 1 is 1.44 bits per heavy atom. The van der Waals surface area contributed by atoms with Crippen LogP contribution < -0.4 is 5.73 Å². The molecule has 0 spiro atoms. The fourth-order valence-electron chi connectivity index (χ4n) is 2.11. The van der Waals surface area contributed by atoms with E-state index >= 15 is 0 Å². The topological polar surface area (TPSA) is 63.8 Å². The Bertz CT molecular complexity index is 627. The number of hydrogen-bond acceptors (Lipinski definition) is 2. The van der Waals surface area contributed by atoms with Crippen LogP contribution in [0.15, 0.2) is 18.2 Å². The molecular weight excluding hydrogens is 246 g/mol. The molecule has 0 saturated carbocycles. The van der Waals surface area contributed by atoms with E-state index in [2.05, 4.69) is 28.6 Å². The van der Waals surface area contributed by atoms with Crippen molar-refractivity contribution in [2.75, 3.05) is 0 Å². The largest absolute Gasteiger partial charge is 0.370 e. The van der Waals surface area contributed by atoms with E-state index < -0.39 is 0 Å². The molecule has 1 aromatic heterocycles. The molecule has 3 N–H and O–H groups in total. The second-order valence-corrected chi connectivity index (χ2v) is 4.86. The van der Waals surface area contributed by atoms with Gasteiger partial charge in [0.1, 0.15) is 0 Å². The molecular formula is C13H17N3OS. The molecule has 1 heterocycles. The molecule has 0 unspecified atom stereocenters. The van der Waals surface area contributed by atoms with Crippen LogP contribution in [0.4, 0.5) is 0 Å². The predicted octanol–water partition coefficient (Wildman–Crippen LogP) is 2.66. The number of benzene rings is 1. The molecule has 0 bridgehead atoms. The lowest BCUT2D eigenvalue weighted by Gasteiger charge is -2.04. The number of amides is 1. The summed E-state index contributed by atoms with van der Waals surface area (Å²) in [5, 5.41) is 0. The number of aryl methyl sites for hydroxylation is 2. The van der Waals surface area contributed by atoms with Crippen molar-refractivity contribution in [3.63, 3.8) is 0 Å². The molecule has 0 radical (unpaired) electrons. The Kier molecular flexibility index (Phi) is 3.81. The summed E-state index contributed by atoms with van der Waals surface area (Å²) < 4.78 is 2.82. The second-order valence-electron chi connectivity index (χ2n) is 4.47. The zero-order valence-electron chi connectivity index (χ0n) is 10.4. The van der Waals surface area contributed by atoms with Crippen molar-refractivity contribution < 1.29 is 4.79 Å². The van der Waals surface area contributed by atoms with Gasteiger partial charge in [-0.2, -0.15) is 0 Å². The van der Waals surface area contributed by atoms with Crippen LogP contribution in [0.5, 0.6) is 0 Å². The molecule has 0 atom stereocenters. The van der Waals surface area contributed by atoms with Crippen LogP contribution in [0.2, 0.25) is 0 Å². The molecule has 2 rings (SSSR count). The number of aromatic amines is 1. The van der Waals surface area contributed by atoms with Crippen LogP contribution in [-0.2, 0) is 11.3 Å². The maximum Gasteiger partial charge on any atom is 0.217 e. The minimum absolute atomic E-state index is 0.242. The molecule has 4 nitrogen and oxygen atoms in total. The van der Waals surface area contributed by atoms with E-state index in [1.54, 1.807) is 0 Å². The Morgan fingerprint density at radius 3 is 2.94 bits per heavy atom. The molecule has 18 heavy (non-hydrogen) atoms. The summed E-state index contributed by atoms with van der Waals surface area (Å²) in [5.74, 6) is -0.242. The molecule has 0 aliphatic carbocycles. The third kappa shape index (κ3) is 2.61. The fourth-order valence-corrected chi connectivity index (χ4v) is 2.41. The lowest BCUT2D eigenvalue weighted by Crippen LogP contribution is -2.10. The Morgan fingerprint density at radius 2 is 2.22 bits per heavy atom. The van der Waals surface area contributed by atoms with Crippen molar-refractivity contribution in [2.24, 2.45) is 5.73 Å². The Hall–Kier alpha value is -1.62. The van der Waals surface area contributed by atoms with Gasteiger partial charge in [-0.05, 0) is 43.6 Å². The predicted molar refractivity (Wildman–Crippen MR) is 74.9 cm³/mol. The van der Waals surface area contributed by atoms with Gasteiger partial charge in [0.2, 0.25) is 5.91 Å². The smallest absolute Gasteiger partial charge is 0.217 e. The standard InChI is InChI=1S/C13H17N3OS/c1-9-5-4-6-10-12(9)15-13(18)16(10)8-3-2-7-11(14)17/h4-6H,2-3,7-8H2,1H3,(H2,14,17)(H,15,18). The Balaban J connectivity index is 2.18. The second kappa shape index (κ2) is 5.35. The quantitative estimate of drug-likeness (QED) is 0.643. The number of rotatable bonds is 5. The lowest BCUT2D eigenvalue weighted by molar-refractivity contribution is -0.118. The molecule has 1 amide bonds. The number of aromatic nitrogens is 2. The molecule has 5 heteroatoms. The highest BCUT2D eigenvalue weighted by Crippen LogP contribution is 2.18. The van der Waals surface area contributed by atoms with Crippen molar-refractivity contribution in [3.8, 4) is 0 Å². The first-order valence-electron chi connectivity index (χ1n) is 6.06. The van der Waals surface area contributed by atoms with Crippen molar-refractivity contribution in [2.45, 2.75) is 32.7 Å². The number of nitrogens with zero attached hydrogens (tertiary/aromatic N) is 1. The third-order valence-corrected chi connectivity index (χ3v) is 3.40. The monoisotopic (exact) mass is 263 g/mol. The molecule has 96 valence electrons. The van der Waals surface area contributed by atoms with Crippen LogP contribution in [0.3, 0.4) is 0 Å². The number of primary amides is 1. The minimum Gasteiger partial charge on any atom is -0.370 e. The number of hydrogen-bond donors (Lipinski definition) is 2.